The van der Waals surface area contributed by atoms with Gasteiger partial charge >= 0.3 is 5.97 Å². The first kappa shape index (κ1) is 86.6. The first-order chi connectivity index (χ1) is 43.5. The molecule has 1 amide bonds. The zero-order valence-corrected chi connectivity index (χ0v) is 60.3. The lowest BCUT2D eigenvalue weighted by Gasteiger charge is -2.22. The molecule has 2 unspecified atom stereocenters. The van der Waals surface area contributed by atoms with Gasteiger partial charge in [0.1, 0.15) is 0 Å². The van der Waals surface area contributed by atoms with Crippen molar-refractivity contribution in [3.63, 3.8) is 0 Å². The van der Waals surface area contributed by atoms with Crippen LogP contribution in [0.5, 0.6) is 0 Å². The maximum absolute atomic E-state index is 12.6. The van der Waals surface area contributed by atoms with Crippen LogP contribution < -0.4 is 5.32 Å². The van der Waals surface area contributed by atoms with Gasteiger partial charge in [-0.1, -0.05) is 424 Å². The third-order valence-electron chi connectivity index (χ3n) is 19.6. The number of nitrogens with one attached hydrogen (secondary N) is 1. The number of allylic oxidation sites excluding steroid dienone is 2. The van der Waals surface area contributed by atoms with Crippen LogP contribution in [0, 0.1) is 0 Å². The van der Waals surface area contributed by atoms with Gasteiger partial charge in [0.2, 0.25) is 5.91 Å². The zero-order chi connectivity index (χ0) is 63.5. The minimum absolute atomic E-state index is 0.0255. The molecule has 6 heteroatoms. The van der Waals surface area contributed by atoms with Crippen LogP contribution in [0.1, 0.15) is 476 Å². The molecule has 0 aliphatic heterocycles. The zero-order valence-electron chi connectivity index (χ0n) is 60.3. The van der Waals surface area contributed by atoms with E-state index in [1.807, 2.05) is 0 Å². The largest absolute Gasteiger partial charge is 0.466 e. The molecule has 0 aliphatic rings. The van der Waals surface area contributed by atoms with E-state index in [0.717, 1.165) is 38.5 Å². The maximum atomic E-state index is 12.6. The molecule has 0 saturated heterocycles. The predicted molar refractivity (Wildman–Crippen MR) is 389 cm³/mol. The fourth-order valence-electron chi connectivity index (χ4n) is 13.3. The molecule has 0 bridgehead atoms. The van der Waals surface area contributed by atoms with Crippen molar-refractivity contribution in [2.24, 2.45) is 0 Å². The molecule has 0 fully saturated rings. The first-order valence-electron chi connectivity index (χ1n) is 40.9. The Hall–Kier alpha value is -1.40. The van der Waals surface area contributed by atoms with Crippen LogP contribution in [0.2, 0.25) is 0 Å². The number of carbonyl (C=O) groups excluding carboxylic acids is 2. The van der Waals surface area contributed by atoms with Gasteiger partial charge < -0.3 is 20.3 Å². The van der Waals surface area contributed by atoms with E-state index in [1.165, 1.54) is 405 Å². The SMILES string of the molecule is CCCCCCCCCCCCCCCCCCCCCC(O)C(CO)NC(=O)CCCCCCCCCCCCCCCCCCC/C=C\CCCCCCCCCCCCCCCCOC(=O)CCCCCCCCCCCCCCCCCCC. The van der Waals surface area contributed by atoms with Crippen molar-refractivity contribution in [1.82, 2.24) is 5.32 Å². The molecule has 0 aliphatic carbocycles. The lowest BCUT2D eigenvalue weighted by atomic mass is 10.0. The van der Waals surface area contributed by atoms with Crippen molar-refractivity contribution in [2.45, 2.75) is 488 Å². The van der Waals surface area contributed by atoms with Crippen molar-refractivity contribution < 1.29 is 24.5 Å². The van der Waals surface area contributed by atoms with Crippen molar-refractivity contribution in [2.75, 3.05) is 13.2 Å². The van der Waals surface area contributed by atoms with Crippen LogP contribution in [-0.4, -0.2) is 47.4 Å². The Bertz CT molecular complexity index is 1340. The summed E-state index contributed by atoms with van der Waals surface area (Å²) in [6, 6.07) is -0.539. The number of unbranched alkanes of at least 4 members (excludes halogenated alkanes) is 65. The molecule has 0 heterocycles. The second-order valence-electron chi connectivity index (χ2n) is 28.5. The minimum Gasteiger partial charge on any atom is -0.466 e. The van der Waals surface area contributed by atoms with E-state index in [-0.39, 0.29) is 18.5 Å². The highest BCUT2D eigenvalue weighted by molar-refractivity contribution is 5.76. The Morgan fingerprint density at radius 2 is 0.534 bits per heavy atom. The molecule has 0 spiro atoms. The molecule has 0 aromatic heterocycles. The summed E-state index contributed by atoms with van der Waals surface area (Å²) in [5.74, 6) is -0.000524. The van der Waals surface area contributed by atoms with Crippen molar-refractivity contribution in [3.8, 4) is 0 Å². The second-order valence-corrected chi connectivity index (χ2v) is 28.5. The molecular weight excluding hydrogens is 1080 g/mol. The Kier molecular flexibility index (Phi) is 76.8. The molecule has 6 nitrogen and oxygen atoms in total. The number of hydrogen-bond acceptors (Lipinski definition) is 5. The Morgan fingerprint density at radius 3 is 0.807 bits per heavy atom. The smallest absolute Gasteiger partial charge is 0.305 e. The topological polar surface area (TPSA) is 95.9 Å². The van der Waals surface area contributed by atoms with Crippen molar-refractivity contribution >= 4 is 11.9 Å². The van der Waals surface area contributed by atoms with Gasteiger partial charge in [0.05, 0.1) is 25.4 Å². The van der Waals surface area contributed by atoms with E-state index < -0.39 is 12.1 Å². The van der Waals surface area contributed by atoms with Gasteiger partial charge in [-0.15, -0.1) is 0 Å². The number of rotatable bonds is 78. The summed E-state index contributed by atoms with van der Waals surface area (Å²) in [5.41, 5.74) is 0. The lowest BCUT2D eigenvalue weighted by molar-refractivity contribution is -0.143. The third kappa shape index (κ3) is 73.6. The molecule has 0 radical (unpaired) electrons. The Morgan fingerprint density at radius 1 is 0.307 bits per heavy atom. The summed E-state index contributed by atoms with van der Waals surface area (Å²) in [6.45, 7) is 5.02. The number of ether oxygens (including phenoxy) is 1. The molecular formula is C82H161NO5. The van der Waals surface area contributed by atoms with E-state index >= 15 is 0 Å². The maximum Gasteiger partial charge on any atom is 0.305 e. The van der Waals surface area contributed by atoms with Crippen LogP contribution in [0.4, 0.5) is 0 Å². The monoisotopic (exact) mass is 1240 g/mol. The summed E-state index contributed by atoms with van der Waals surface area (Å²) in [6.07, 6.45) is 98.9. The van der Waals surface area contributed by atoms with Crippen molar-refractivity contribution in [1.29, 1.82) is 0 Å². The summed E-state index contributed by atoms with van der Waals surface area (Å²) in [4.78, 5) is 24.7. The van der Waals surface area contributed by atoms with E-state index in [4.69, 9.17) is 4.74 Å². The van der Waals surface area contributed by atoms with E-state index in [1.54, 1.807) is 0 Å². The third-order valence-corrected chi connectivity index (χ3v) is 19.6. The number of esters is 1. The standard InChI is InChI=1S/C82H161NO5/c1-3-5-7-9-11-13-15-17-19-21-39-43-46-50-54-58-62-66-70-74-80(85)79(78-84)83-81(86)75-71-67-63-59-55-51-47-44-40-37-35-33-31-29-27-25-23-22-24-26-28-30-32-34-36-38-41-45-49-53-57-61-65-69-73-77-88-82(87)76-72-68-64-60-56-52-48-42-20-18-16-14-12-10-8-6-4-2/h24,26,79-80,84-85H,3-23,25,27-78H2,1-2H3,(H,83,86)/b26-24-. The summed E-state index contributed by atoms with van der Waals surface area (Å²) < 4.78 is 5.52. The average Bonchev–Trinajstić information content (AvgIpc) is 3.58. The Balaban J connectivity index is 3.32. The molecule has 0 rings (SSSR count). The van der Waals surface area contributed by atoms with Gasteiger partial charge in [0, 0.05) is 12.8 Å². The van der Waals surface area contributed by atoms with Crippen LogP contribution >= 0.6 is 0 Å². The van der Waals surface area contributed by atoms with E-state index in [9.17, 15) is 19.8 Å². The highest BCUT2D eigenvalue weighted by Gasteiger charge is 2.20. The predicted octanol–water partition coefficient (Wildman–Crippen LogP) is 27.1. The average molecular weight is 1240 g/mol. The molecule has 2 atom stereocenters. The summed E-state index contributed by atoms with van der Waals surface area (Å²) in [7, 11) is 0. The van der Waals surface area contributed by atoms with E-state index in [2.05, 4.69) is 31.3 Å². The quantitative estimate of drug-likeness (QED) is 0.0320. The molecule has 88 heavy (non-hydrogen) atoms. The van der Waals surface area contributed by atoms with Crippen molar-refractivity contribution in [3.05, 3.63) is 12.2 Å². The first-order valence-corrected chi connectivity index (χ1v) is 40.9. The molecule has 3 N–H and O–H groups in total. The van der Waals surface area contributed by atoms with Gasteiger partial charge in [-0.25, -0.2) is 0 Å². The van der Waals surface area contributed by atoms with Gasteiger partial charge in [0.25, 0.3) is 0 Å². The normalized spacial score (nSPS) is 12.5. The molecule has 0 aromatic rings. The van der Waals surface area contributed by atoms with Crippen LogP contribution in [0.3, 0.4) is 0 Å². The number of aliphatic hydroxyl groups is 2. The molecule has 0 aromatic carbocycles. The van der Waals surface area contributed by atoms with Gasteiger partial charge in [0.15, 0.2) is 0 Å². The number of carbonyl (C=O) groups is 2. The molecule has 524 valence electrons. The van der Waals surface area contributed by atoms with E-state index in [0.29, 0.717) is 25.9 Å². The van der Waals surface area contributed by atoms with Gasteiger partial charge in [-0.3, -0.25) is 9.59 Å². The minimum atomic E-state index is -0.662. The van der Waals surface area contributed by atoms with Gasteiger partial charge in [-0.2, -0.15) is 0 Å². The van der Waals surface area contributed by atoms with Crippen LogP contribution in [0.25, 0.3) is 0 Å². The Labute approximate surface area is 552 Å². The fraction of sp³-hybridized carbons (Fsp3) is 0.951. The molecule has 0 saturated carbocycles. The highest BCUT2D eigenvalue weighted by atomic mass is 16.5. The van der Waals surface area contributed by atoms with Crippen LogP contribution in [0.15, 0.2) is 12.2 Å². The fourth-order valence-corrected chi connectivity index (χ4v) is 13.3. The second kappa shape index (κ2) is 78.0. The lowest BCUT2D eigenvalue weighted by Crippen LogP contribution is -2.45. The van der Waals surface area contributed by atoms with Gasteiger partial charge in [-0.05, 0) is 51.4 Å². The number of aliphatic hydroxyl groups excluding tert-OH is 2. The summed E-state index contributed by atoms with van der Waals surface area (Å²) >= 11 is 0. The number of amides is 1. The number of hydrogen-bond donors (Lipinski definition) is 3. The highest BCUT2D eigenvalue weighted by Crippen LogP contribution is 2.21. The summed E-state index contributed by atoms with van der Waals surface area (Å²) in [5, 5.41) is 23.4. The van der Waals surface area contributed by atoms with Crippen LogP contribution in [-0.2, 0) is 14.3 Å².